The number of ether oxygens (including phenoxy) is 2. The molecule has 114 valence electrons. The molecule has 2 aliphatic rings. The molecule has 0 aromatic heterocycles. The van der Waals surface area contributed by atoms with Crippen molar-refractivity contribution in [3.05, 3.63) is 33.8 Å². The Bertz CT molecular complexity index is 544. The van der Waals surface area contributed by atoms with E-state index >= 15 is 0 Å². The van der Waals surface area contributed by atoms with Crippen LogP contribution in [0.5, 0.6) is 0 Å². The molecule has 1 atom stereocenters. The lowest BCUT2D eigenvalue weighted by Crippen LogP contribution is -2.46. The highest BCUT2D eigenvalue weighted by molar-refractivity contribution is 6.35. The first-order chi connectivity index (χ1) is 10.1. The van der Waals surface area contributed by atoms with Crippen LogP contribution in [0, 0.1) is 0 Å². The number of benzene rings is 1. The molecule has 1 spiro atoms. The lowest BCUT2D eigenvalue weighted by Gasteiger charge is -2.36. The van der Waals surface area contributed by atoms with Crippen LogP contribution in [-0.2, 0) is 9.47 Å². The van der Waals surface area contributed by atoms with E-state index in [4.69, 9.17) is 32.7 Å². The number of carbonyl (C=O) groups excluding carboxylic acids is 1. The highest BCUT2D eigenvalue weighted by atomic mass is 35.5. The van der Waals surface area contributed by atoms with E-state index in [9.17, 15) is 4.79 Å². The lowest BCUT2D eigenvalue weighted by molar-refractivity contribution is -0.181. The Kier molecular flexibility index (Phi) is 4.41. The maximum Gasteiger partial charge on any atom is 0.253 e. The monoisotopic (exact) mass is 329 g/mol. The first kappa shape index (κ1) is 15.1. The van der Waals surface area contributed by atoms with Crippen molar-refractivity contribution in [2.45, 2.75) is 37.5 Å². The molecule has 1 N–H and O–H groups in total. The number of halogens is 2. The van der Waals surface area contributed by atoms with Crippen LogP contribution in [0.2, 0.25) is 10.0 Å². The fraction of sp³-hybridized carbons (Fsp3) is 0.533. The van der Waals surface area contributed by atoms with Gasteiger partial charge in [-0.2, -0.15) is 0 Å². The van der Waals surface area contributed by atoms with Gasteiger partial charge < -0.3 is 14.8 Å². The summed E-state index contributed by atoms with van der Waals surface area (Å²) in [7, 11) is 0. The van der Waals surface area contributed by atoms with E-state index in [0.29, 0.717) is 35.2 Å². The zero-order chi connectivity index (χ0) is 14.9. The molecule has 21 heavy (non-hydrogen) atoms. The quantitative estimate of drug-likeness (QED) is 0.904. The molecule has 0 bridgehead atoms. The highest BCUT2D eigenvalue weighted by Crippen LogP contribution is 2.36. The van der Waals surface area contributed by atoms with E-state index in [2.05, 4.69) is 5.32 Å². The summed E-state index contributed by atoms with van der Waals surface area (Å²) in [5.74, 6) is -0.712. The highest BCUT2D eigenvalue weighted by Gasteiger charge is 2.41. The summed E-state index contributed by atoms with van der Waals surface area (Å²) in [5, 5.41) is 3.90. The van der Waals surface area contributed by atoms with Gasteiger partial charge in [-0.3, -0.25) is 4.79 Å². The largest absolute Gasteiger partial charge is 0.349 e. The molecule has 1 saturated carbocycles. The molecule has 1 heterocycles. The van der Waals surface area contributed by atoms with E-state index in [-0.39, 0.29) is 11.9 Å². The fourth-order valence-corrected chi connectivity index (χ4v) is 3.39. The van der Waals surface area contributed by atoms with Crippen molar-refractivity contribution in [2.75, 3.05) is 13.2 Å². The Balaban J connectivity index is 1.68. The third kappa shape index (κ3) is 3.34. The summed E-state index contributed by atoms with van der Waals surface area (Å²) in [4.78, 5) is 12.4. The normalized spacial score (nSPS) is 24.2. The zero-order valence-electron chi connectivity index (χ0n) is 11.5. The van der Waals surface area contributed by atoms with Crippen molar-refractivity contribution in [3.63, 3.8) is 0 Å². The molecule has 1 aliphatic heterocycles. The van der Waals surface area contributed by atoms with Gasteiger partial charge in [0.25, 0.3) is 5.91 Å². The van der Waals surface area contributed by atoms with Gasteiger partial charge in [0.2, 0.25) is 0 Å². The Morgan fingerprint density at radius 2 is 2.05 bits per heavy atom. The van der Waals surface area contributed by atoms with E-state index in [1.807, 2.05) is 0 Å². The SMILES string of the molecule is O=C(N[C@H]1CCCC2(C1)OCCO2)c1cc(Cl)ccc1Cl. The maximum atomic E-state index is 12.4. The van der Waals surface area contributed by atoms with Gasteiger partial charge in [0, 0.05) is 23.9 Å². The van der Waals surface area contributed by atoms with Crippen molar-refractivity contribution < 1.29 is 14.3 Å². The minimum Gasteiger partial charge on any atom is -0.349 e. The Hall–Kier alpha value is -0.810. The number of nitrogens with one attached hydrogen (secondary N) is 1. The van der Waals surface area contributed by atoms with Crippen molar-refractivity contribution in [1.29, 1.82) is 0 Å². The van der Waals surface area contributed by atoms with Crippen LogP contribution in [-0.4, -0.2) is 30.9 Å². The van der Waals surface area contributed by atoms with Gasteiger partial charge in [-0.15, -0.1) is 0 Å². The molecule has 1 amide bonds. The molecule has 0 unspecified atom stereocenters. The Labute approximate surface area is 133 Å². The fourth-order valence-electron chi connectivity index (χ4n) is 3.01. The van der Waals surface area contributed by atoms with Crippen LogP contribution in [0.1, 0.15) is 36.0 Å². The number of amides is 1. The van der Waals surface area contributed by atoms with E-state index in [0.717, 1.165) is 19.3 Å². The second-order valence-electron chi connectivity index (χ2n) is 5.50. The minimum absolute atomic E-state index is 0.0272. The Morgan fingerprint density at radius 3 is 2.81 bits per heavy atom. The first-order valence-electron chi connectivity index (χ1n) is 7.12. The topological polar surface area (TPSA) is 47.6 Å². The first-order valence-corrected chi connectivity index (χ1v) is 7.87. The molecule has 1 saturated heterocycles. The van der Waals surface area contributed by atoms with E-state index in [1.165, 1.54) is 0 Å². The molecule has 1 aromatic carbocycles. The molecule has 3 rings (SSSR count). The summed E-state index contributed by atoms with van der Waals surface area (Å²) < 4.78 is 11.4. The minimum atomic E-state index is -0.506. The third-order valence-corrected chi connectivity index (χ3v) is 4.55. The average molecular weight is 330 g/mol. The van der Waals surface area contributed by atoms with E-state index in [1.54, 1.807) is 18.2 Å². The van der Waals surface area contributed by atoms with Gasteiger partial charge in [-0.05, 0) is 31.0 Å². The van der Waals surface area contributed by atoms with Crippen LogP contribution >= 0.6 is 23.2 Å². The Morgan fingerprint density at radius 1 is 1.29 bits per heavy atom. The molecular weight excluding hydrogens is 313 g/mol. The molecule has 0 radical (unpaired) electrons. The van der Waals surface area contributed by atoms with E-state index < -0.39 is 5.79 Å². The molecule has 1 aliphatic carbocycles. The molecular formula is C15H17Cl2NO3. The molecule has 4 nitrogen and oxygen atoms in total. The van der Waals surface area contributed by atoms with Crippen LogP contribution in [0.15, 0.2) is 18.2 Å². The zero-order valence-corrected chi connectivity index (χ0v) is 13.0. The number of carbonyl (C=O) groups is 1. The molecule has 6 heteroatoms. The summed E-state index contributed by atoms with van der Waals surface area (Å²) in [5.41, 5.74) is 0.400. The molecule has 2 fully saturated rings. The van der Waals surface area contributed by atoms with Crippen LogP contribution < -0.4 is 5.32 Å². The van der Waals surface area contributed by atoms with Gasteiger partial charge in [0.05, 0.1) is 23.8 Å². The van der Waals surface area contributed by atoms with Crippen LogP contribution in [0.4, 0.5) is 0 Å². The van der Waals surface area contributed by atoms with Crippen LogP contribution in [0.3, 0.4) is 0 Å². The summed E-state index contributed by atoms with van der Waals surface area (Å²) in [6.45, 7) is 1.25. The van der Waals surface area contributed by atoms with Gasteiger partial charge in [0.1, 0.15) is 0 Å². The summed E-state index contributed by atoms with van der Waals surface area (Å²) in [6, 6.07) is 4.90. The number of hydrogen-bond acceptors (Lipinski definition) is 3. The average Bonchev–Trinajstić information content (AvgIpc) is 2.89. The number of rotatable bonds is 2. The predicted octanol–water partition coefficient (Wildman–Crippen LogP) is 3.41. The second-order valence-corrected chi connectivity index (χ2v) is 6.34. The van der Waals surface area contributed by atoms with Crippen molar-refractivity contribution in [1.82, 2.24) is 5.32 Å². The van der Waals surface area contributed by atoms with Crippen LogP contribution in [0.25, 0.3) is 0 Å². The van der Waals surface area contributed by atoms with Gasteiger partial charge in [-0.1, -0.05) is 23.2 Å². The van der Waals surface area contributed by atoms with Crippen molar-refractivity contribution in [2.24, 2.45) is 0 Å². The summed E-state index contributed by atoms with van der Waals surface area (Å²) >= 11 is 12.0. The number of hydrogen-bond donors (Lipinski definition) is 1. The van der Waals surface area contributed by atoms with Crippen molar-refractivity contribution >= 4 is 29.1 Å². The smallest absolute Gasteiger partial charge is 0.253 e. The predicted molar refractivity (Wildman–Crippen MR) is 80.8 cm³/mol. The molecule has 1 aromatic rings. The van der Waals surface area contributed by atoms with Crippen molar-refractivity contribution in [3.8, 4) is 0 Å². The summed E-state index contributed by atoms with van der Waals surface area (Å²) in [6.07, 6.45) is 3.45. The third-order valence-electron chi connectivity index (χ3n) is 3.99. The maximum absolute atomic E-state index is 12.4. The van der Waals surface area contributed by atoms with Gasteiger partial charge >= 0.3 is 0 Å². The van der Waals surface area contributed by atoms with Gasteiger partial charge in [-0.25, -0.2) is 0 Å². The second kappa shape index (κ2) is 6.13. The lowest BCUT2D eigenvalue weighted by atomic mass is 9.89. The van der Waals surface area contributed by atoms with Gasteiger partial charge in [0.15, 0.2) is 5.79 Å². The standard InChI is InChI=1S/C15H17Cl2NO3/c16-10-3-4-13(17)12(8-10)14(19)18-11-2-1-5-15(9-11)20-6-7-21-15/h3-4,8,11H,1-2,5-7,9H2,(H,18,19)/t11-/m0/s1.